The molecule has 2 fully saturated rings. The van der Waals surface area contributed by atoms with E-state index in [2.05, 4.69) is 32.9 Å². The van der Waals surface area contributed by atoms with E-state index in [1.165, 1.54) is 5.56 Å². The van der Waals surface area contributed by atoms with Crippen LogP contribution in [-0.2, 0) is 10.2 Å². The summed E-state index contributed by atoms with van der Waals surface area (Å²) in [4.78, 5) is 14.3. The number of likely N-dealkylation sites (tertiary alicyclic amines) is 1. The summed E-state index contributed by atoms with van der Waals surface area (Å²) in [5, 5.41) is 0. The summed E-state index contributed by atoms with van der Waals surface area (Å²) in [6, 6.07) is 8.30. The Morgan fingerprint density at radius 1 is 1.22 bits per heavy atom. The molecule has 1 aliphatic carbocycles. The van der Waals surface area contributed by atoms with Crippen LogP contribution in [0.25, 0.3) is 0 Å². The van der Waals surface area contributed by atoms with E-state index in [9.17, 15) is 4.79 Å². The van der Waals surface area contributed by atoms with Crippen molar-refractivity contribution in [2.24, 2.45) is 17.6 Å². The molecule has 1 saturated heterocycles. The van der Waals surface area contributed by atoms with Crippen molar-refractivity contribution in [2.45, 2.75) is 45.1 Å². The molecule has 2 aliphatic rings. The Hall–Kier alpha value is -1.55. The summed E-state index contributed by atoms with van der Waals surface area (Å²) in [5.74, 6) is 1.92. The Morgan fingerprint density at radius 3 is 2.52 bits per heavy atom. The molecule has 3 rings (SSSR count). The summed E-state index contributed by atoms with van der Waals surface area (Å²) in [7, 11) is 0. The lowest BCUT2D eigenvalue weighted by atomic mass is 9.87. The van der Waals surface area contributed by atoms with E-state index in [4.69, 9.17) is 10.5 Å². The summed E-state index contributed by atoms with van der Waals surface area (Å²) >= 11 is 0. The largest absolute Gasteiger partial charge is 0.484 e. The number of hydrogen-bond donors (Lipinski definition) is 1. The fourth-order valence-electron chi connectivity index (χ4n) is 3.80. The zero-order valence-corrected chi connectivity index (χ0v) is 14.4. The molecule has 3 unspecified atom stereocenters. The Morgan fingerprint density at radius 2 is 1.91 bits per heavy atom. The summed E-state index contributed by atoms with van der Waals surface area (Å²) < 4.78 is 5.67. The molecule has 4 nitrogen and oxygen atoms in total. The number of nitrogens with two attached hydrogens (primary N) is 1. The molecule has 0 radical (unpaired) electrons. The second kappa shape index (κ2) is 6.16. The normalized spacial score (nSPS) is 27.1. The molecular formula is C19H28N2O2. The smallest absolute Gasteiger partial charge is 0.260 e. The average molecular weight is 316 g/mol. The van der Waals surface area contributed by atoms with Crippen molar-refractivity contribution in [3.63, 3.8) is 0 Å². The lowest BCUT2D eigenvalue weighted by Gasteiger charge is -2.20. The molecule has 126 valence electrons. The monoisotopic (exact) mass is 316 g/mol. The van der Waals surface area contributed by atoms with Crippen LogP contribution in [0.4, 0.5) is 0 Å². The van der Waals surface area contributed by atoms with Crippen molar-refractivity contribution in [1.82, 2.24) is 4.90 Å². The van der Waals surface area contributed by atoms with Crippen LogP contribution in [0.3, 0.4) is 0 Å². The van der Waals surface area contributed by atoms with E-state index in [0.29, 0.717) is 11.8 Å². The van der Waals surface area contributed by atoms with Crippen LogP contribution in [0.2, 0.25) is 0 Å². The fourth-order valence-corrected chi connectivity index (χ4v) is 3.80. The van der Waals surface area contributed by atoms with Gasteiger partial charge in [-0.3, -0.25) is 4.79 Å². The van der Waals surface area contributed by atoms with Crippen LogP contribution in [0.5, 0.6) is 5.75 Å². The van der Waals surface area contributed by atoms with E-state index in [1.54, 1.807) is 0 Å². The molecule has 1 saturated carbocycles. The molecule has 2 N–H and O–H groups in total. The lowest BCUT2D eigenvalue weighted by molar-refractivity contribution is -0.132. The molecule has 1 aromatic rings. The Bertz CT molecular complexity index is 562. The van der Waals surface area contributed by atoms with Gasteiger partial charge in [-0.25, -0.2) is 0 Å². The van der Waals surface area contributed by atoms with Gasteiger partial charge in [-0.05, 0) is 47.8 Å². The molecule has 1 amide bonds. The quantitative estimate of drug-likeness (QED) is 0.932. The molecule has 1 aromatic carbocycles. The molecular weight excluding hydrogens is 288 g/mol. The number of nitrogens with zero attached hydrogens (tertiary/aromatic N) is 1. The van der Waals surface area contributed by atoms with E-state index in [-0.39, 0.29) is 24.0 Å². The second-order valence-corrected chi connectivity index (χ2v) is 8.03. The number of benzene rings is 1. The van der Waals surface area contributed by atoms with Crippen LogP contribution in [0.15, 0.2) is 24.3 Å². The molecule has 0 bridgehead atoms. The zero-order valence-electron chi connectivity index (χ0n) is 14.4. The van der Waals surface area contributed by atoms with Gasteiger partial charge < -0.3 is 15.4 Å². The Balaban J connectivity index is 1.52. The van der Waals surface area contributed by atoms with E-state index in [1.807, 2.05) is 17.0 Å². The number of ether oxygens (including phenoxy) is 1. The maximum atomic E-state index is 12.3. The van der Waals surface area contributed by atoms with Gasteiger partial charge in [0.05, 0.1) is 0 Å². The van der Waals surface area contributed by atoms with Crippen LogP contribution in [-0.4, -0.2) is 36.5 Å². The molecule has 1 aliphatic heterocycles. The van der Waals surface area contributed by atoms with Crippen LogP contribution in [0.1, 0.15) is 39.2 Å². The van der Waals surface area contributed by atoms with Gasteiger partial charge in [0.1, 0.15) is 5.75 Å². The van der Waals surface area contributed by atoms with Crippen LogP contribution in [0, 0.1) is 11.8 Å². The van der Waals surface area contributed by atoms with Crippen LogP contribution < -0.4 is 10.5 Å². The minimum atomic E-state index is 0.0755. The third-order valence-electron chi connectivity index (χ3n) is 5.35. The first-order chi connectivity index (χ1) is 10.8. The highest BCUT2D eigenvalue weighted by molar-refractivity contribution is 5.78. The first kappa shape index (κ1) is 16.3. The first-order valence-electron chi connectivity index (χ1n) is 8.61. The van der Waals surface area contributed by atoms with Gasteiger partial charge in [-0.2, -0.15) is 0 Å². The number of carbonyl (C=O) groups excluding carboxylic acids is 1. The number of amides is 1. The van der Waals surface area contributed by atoms with Gasteiger partial charge in [0.25, 0.3) is 5.91 Å². The average Bonchev–Trinajstić information content (AvgIpc) is 3.07. The van der Waals surface area contributed by atoms with Gasteiger partial charge >= 0.3 is 0 Å². The number of hydrogen-bond acceptors (Lipinski definition) is 3. The minimum Gasteiger partial charge on any atom is -0.484 e. The number of carbonyl (C=O) groups is 1. The standard InChI is InChI=1S/C19H28N2O2/c1-19(2,3)14-5-7-15(8-6-14)23-12-18(22)21-10-13-4-9-17(20)16(13)11-21/h5-8,13,16-17H,4,9-12,20H2,1-3H3. The fraction of sp³-hybridized carbons (Fsp3) is 0.632. The Kier molecular flexibility index (Phi) is 4.37. The SMILES string of the molecule is CC(C)(C)c1ccc(OCC(=O)N2CC3CCC(N)C3C2)cc1. The minimum absolute atomic E-state index is 0.0755. The van der Waals surface area contributed by atoms with E-state index >= 15 is 0 Å². The van der Waals surface area contributed by atoms with Crippen LogP contribution >= 0.6 is 0 Å². The summed E-state index contributed by atoms with van der Waals surface area (Å²) in [5.41, 5.74) is 7.51. The summed E-state index contributed by atoms with van der Waals surface area (Å²) in [6.45, 7) is 8.31. The lowest BCUT2D eigenvalue weighted by Crippen LogP contribution is -2.36. The van der Waals surface area contributed by atoms with Gasteiger partial charge in [0, 0.05) is 19.1 Å². The van der Waals surface area contributed by atoms with Gasteiger partial charge in [0.2, 0.25) is 0 Å². The maximum Gasteiger partial charge on any atom is 0.260 e. The second-order valence-electron chi connectivity index (χ2n) is 8.03. The maximum absolute atomic E-state index is 12.3. The van der Waals surface area contributed by atoms with Crippen molar-refractivity contribution >= 4 is 5.91 Å². The van der Waals surface area contributed by atoms with Gasteiger partial charge in [-0.15, -0.1) is 0 Å². The van der Waals surface area contributed by atoms with Crippen molar-refractivity contribution in [3.05, 3.63) is 29.8 Å². The number of fused-ring (bicyclic) bond motifs is 1. The highest BCUT2D eigenvalue weighted by Gasteiger charge is 2.42. The zero-order chi connectivity index (χ0) is 16.6. The molecule has 0 aromatic heterocycles. The first-order valence-corrected chi connectivity index (χ1v) is 8.61. The molecule has 1 heterocycles. The van der Waals surface area contributed by atoms with E-state index in [0.717, 1.165) is 31.7 Å². The van der Waals surface area contributed by atoms with Gasteiger partial charge in [0.15, 0.2) is 6.61 Å². The van der Waals surface area contributed by atoms with Crippen molar-refractivity contribution in [1.29, 1.82) is 0 Å². The molecule has 23 heavy (non-hydrogen) atoms. The Labute approximate surface area is 139 Å². The number of rotatable bonds is 3. The van der Waals surface area contributed by atoms with Gasteiger partial charge in [-0.1, -0.05) is 32.9 Å². The third kappa shape index (κ3) is 3.52. The molecule has 0 spiro atoms. The predicted molar refractivity (Wildman–Crippen MR) is 91.4 cm³/mol. The van der Waals surface area contributed by atoms with Crippen molar-refractivity contribution < 1.29 is 9.53 Å². The van der Waals surface area contributed by atoms with E-state index < -0.39 is 0 Å². The predicted octanol–water partition coefficient (Wildman–Crippen LogP) is 2.56. The molecule has 4 heteroatoms. The molecule has 3 atom stereocenters. The highest BCUT2D eigenvalue weighted by Crippen LogP contribution is 2.37. The van der Waals surface area contributed by atoms with Crippen molar-refractivity contribution in [2.75, 3.05) is 19.7 Å². The topological polar surface area (TPSA) is 55.6 Å². The summed E-state index contributed by atoms with van der Waals surface area (Å²) in [6.07, 6.45) is 2.26. The van der Waals surface area contributed by atoms with Crippen molar-refractivity contribution in [3.8, 4) is 5.75 Å². The highest BCUT2D eigenvalue weighted by atomic mass is 16.5. The third-order valence-corrected chi connectivity index (χ3v) is 5.35.